The summed E-state index contributed by atoms with van der Waals surface area (Å²) in [5, 5.41) is 21.6. The van der Waals surface area contributed by atoms with E-state index in [-0.39, 0.29) is 0 Å². The molecule has 0 saturated carbocycles. The number of aliphatic hydroxyl groups is 2. The summed E-state index contributed by atoms with van der Waals surface area (Å²) in [6, 6.07) is 11.7. The monoisotopic (exact) mass is 292 g/mol. The highest BCUT2D eigenvalue weighted by Gasteiger charge is 2.09. The molecule has 0 aliphatic heterocycles. The van der Waals surface area contributed by atoms with Gasteiger partial charge in [-0.2, -0.15) is 0 Å². The van der Waals surface area contributed by atoms with Crippen LogP contribution in [0.25, 0.3) is 10.8 Å². The molecule has 0 radical (unpaired) electrons. The van der Waals surface area contributed by atoms with Crippen molar-refractivity contribution in [2.75, 3.05) is 0 Å². The predicted octanol–water partition coefficient (Wildman–Crippen LogP) is 3.08. The van der Waals surface area contributed by atoms with Crippen LogP contribution in [0.5, 0.6) is 0 Å². The molecule has 0 aromatic heterocycles. The van der Waals surface area contributed by atoms with Crippen molar-refractivity contribution in [3.05, 3.63) is 47.5 Å². The van der Waals surface area contributed by atoms with E-state index in [1.165, 1.54) is 0 Å². The Morgan fingerprint density at radius 1 is 0.727 bits per heavy atom. The average Bonchev–Trinajstić information content (AvgIpc) is 2.41. The van der Waals surface area contributed by atoms with Gasteiger partial charge < -0.3 is 10.2 Å². The third-order valence-electron chi connectivity index (χ3n) is 2.91. The van der Waals surface area contributed by atoms with Crippen molar-refractivity contribution < 1.29 is 10.2 Å². The summed E-state index contributed by atoms with van der Waals surface area (Å²) in [6.07, 6.45) is 0. The Morgan fingerprint density at radius 2 is 1.14 bits per heavy atom. The second-order valence-electron chi connectivity index (χ2n) is 6.33. The first-order valence-electron chi connectivity index (χ1n) is 7.19. The zero-order valence-corrected chi connectivity index (χ0v) is 13.4. The smallest absolute Gasteiger partial charge is 0.120 e. The van der Waals surface area contributed by atoms with Crippen molar-refractivity contribution in [3.63, 3.8) is 0 Å². The normalized spacial score (nSPS) is 11.4. The van der Waals surface area contributed by atoms with Crippen LogP contribution in [0, 0.1) is 23.7 Å². The van der Waals surface area contributed by atoms with Crippen LogP contribution in [-0.2, 0) is 0 Å². The maximum atomic E-state index is 9.80. The van der Waals surface area contributed by atoms with E-state index < -0.39 is 11.2 Å². The fourth-order valence-corrected chi connectivity index (χ4v) is 1.99. The van der Waals surface area contributed by atoms with Gasteiger partial charge in [-0.15, -0.1) is 0 Å². The maximum Gasteiger partial charge on any atom is 0.120 e. The highest BCUT2D eigenvalue weighted by molar-refractivity contribution is 5.93. The van der Waals surface area contributed by atoms with Gasteiger partial charge in [-0.05, 0) is 45.2 Å². The quantitative estimate of drug-likeness (QED) is 0.733. The van der Waals surface area contributed by atoms with E-state index in [1.807, 2.05) is 36.4 Å². The molecule has 2 N–H and O–H groups in total. The number of hydrogen-bond donors (Lipinski definition) is 2. The molecule has 2 aromatic rings. The van der Waals surface area contributed by atoms with Crippen molar-refractivity contribution in [1.82, 2.24) is 0 Å². The predicted molar refractivity (Wildman–Crippen MR) is 90.3 cm³/mol. The molecule has 2 aromatic carbocycles. The van der Waals surface area contributed by atoms with E-state index in [4.69, 9.17) is 0 Å². The van der Waals surface area contributed by atoms with Crippen LogP contribution in [0.2, 0.25) is 0 Å². The molecule has 2 heteroatoms. The molecule has 2 nitrogen and oxygen atoms in total. The molecule has 0 heterocycles. The first-order valence-corrected chi connectivity index (χ1v) is 7.19. The minimum Gasteiger partial charge on any atom is -0.378 e. The Morgan fingerprint density at radius 3 is 1.50 bits per heavy atom. The largest absolute Gasteiger partial charge is 0.378 e. The molecule has 22 heavy (non-hydrogen) atoms. The van der Waals surface area contributed by atoms with E-state index in [2.05, 4.69) is 23.7 Å². The lowest BCUT2D eigenvalue weighted by Gasteiger charge is -2.08. The standard InChI is InChI=1S/C20H20O2/c1-19(2,21)13-11-16-9-5-7-15-8-6-10-17(18(15)16)12-14-20(3,4)22/h5-10,21-22H,1-4H3. The summed E-state index contributed by atoms with van der Waals surface area (Å²) in [5.74, 6) is 11.7. The molecular formula is C20H20O2. The minimum atomic E-state index is -1.05. The molecular weight excluding hydrogens is 272 g/mol. The number of fused-ring (bicyclic) bond motifs is 1. The van der Waals surface area contributed by atoms with E-state index in [0.29, 0.717) is 0 Å². The number of hydrogen-bond acceptors (Lipinski definition) is 2. The highest BCUT2D eigenvalue weighted by Crippen LogP contribution is 2.22. The van der Waals surface area contributed by atoms with Crippen LogP contribution in [0.15, 0.2) is 36.4 Å². The fraction of sp³-hybridized carbons (Fsp3) is 0.300. The average molecular weight is 292 g/mol. The molecule has 0 aliphatic carbocycles. The lowest BCUT2D eigenvalue weighted by atomic mass is 9.98. The molecule has 0 amide bonds. The molecule has 2 rings (SSSR count). The van der Waals surface area contributed by atoms with Crippen molar-refractivity contribution in [1.29, 1.82) is 0 Å². The van der Waals surface area contributed by atoms with Crippen LogP contribution >= 0.6 is 0 Å². The lowest BCUT2D eigenvalue weighted by molar-refractivity contribution is 0.143. The Labute approximate surface area is 131 Å². The van der Waals surface area contributed by atoms with E-state index >= 15 is 0 Å². The molecule has 0 fully saturated rings. The molecule has 0 aliphatic rings. The van der Waals surface area contributed by atoms with Gasteiger partial charge in [0.05, 0.1) is 0 Å². The summed E-state index contributed by atoms with van der Waals surface area (Å²) in [4.78, 5) is 0. The molecule has 0 atom stereocenters. The Hall–Kier alpha value is -2.26. The number of rotatable bonds is 0. The molecule has 0 saturated heterocycles. The van der Waals surface area contributed by atoms with Gasteiger partial charge in [0.1, 0.15) is 11.2 Å². The zero-order valence-electron chi connectivity index (χ0n) is 13.4. The van der Waals surface area contributed by atoms with Crippen molar-refractivity contribution in [2.24, 2.45) is 0 Å². The van der Waals surface area contributed by atoms with Crippen LogP contribution in [0.1, 0.15) is 38.8 Å². The van der Waals surface area contributed by atoms with Crippen LogP contribution < -0.4 is 0 Å². The minimum absolute atomic E-state index is 0.820. The van der Waals surface area contributed by atoms with Crippen molar-refractivity contribution in [3.8, 4) is 23.7 Å². The molecule has 112 valence electrons. The summed E-state index contributed by atoms with van der Waals surface area (Å²) in [7, 11) is 0. The third-order valence-corrected chi connectivity index (χ3v) is 2.91. The van der Waals surface area contributed by atoms with Gasteiger partial charge in [-0.1, -0.05) is 47.9 Å². The van der Waals surface area contributed by atoms with E-state index in [0.717, 1.165) is 21.9 Å². The third kappa shape index (κ3) is 4.37. The van der Waals surface area contributed by atoms with Gasteiger partial charge in [0.25, 0.3) is 0 Å². The number of benzene rings is 2. The van der Waals surface area contributed by atoms with Crippen LogP contribution in [0.3, 0.4) is 0 Å². The molecule has 0 unspecified atom stereocenters. The van der Waals surface area contributed by atoms with Gasteiger partial charge in [0, 0.05) is 16.5 Å². The summed E-state index contributed by atoms with van der Waals surface area (Å²) in [5.41, 5.74) is -0.452. The van der Waals surface area contributed by atoms with Gasteiger partial charge in [0.2, 0.25) is 0 Å². The summed E-state index contributed by atoms with van der Waals surface area (Å²) < 4.78 is 0. The Balaban J connectivity index is 2.68. The van der Waals surface area contributed by atoms with Crippen LogP contribution in [0.4, 0.5) is 0 Å². The first-order chi connectivity index (χ1) is 10.2. The van der Waals surface area contributed by atoms with Gasteiger partial charge in [0.15, 0.2) is 0 Å². The molecule has 0 spiro atoms. The van der Waals surface area contributed by atoms with E-state index in [9.17, 15) is 10.2 Å². The topological polar surface area (TPSA) is 40.5 Å². The first kappa shape index (κ1) is 16.1. The lowest BCUT2D eigenvalue weighted by Crippen LogP contribution is -2.14. The van der Waals surface area contributed by atoms with Gasteiger partial charge in [-0.3, -0.25) is 0 Å². The van der Waals surface area contributed by atoms with E-state index in [1.54, 1.807) is 27.7 Å². The van der Waals surface area contributed by atoms with Crippen molar-refractivity contribution >= 4 is 10.8 Å². The van der Waals surface area contributed by atoms with Gasteiger partial charge >= 0.3 is 0 Å². The van der Waals surface area contributed by atoms with Crippen LogP contribution in [-0.4, -0.2) is 21.4 Å². The second kappa shape index (κ2) is 5.85. The van der Waals surface area contributed by atoms with Gasteiger partial charge in [-0.25, -0.2) is 0 Å². The maximum absolute atomic E-state index is 9.80. The second-order valence-corrected chi connectivity index (χ2v) is 6.33. The Kier molecular flexibility index (Phi) is 4.29. The Bertz CT molecular complexity index is 744. The fourth-order valence-electron chi connectivity index (χ4n) is 1.99. The molecule has 0 bridgehead atoms. The van der Waals surface area contributed by atoms with Crippen molar-refractivity contribution in [2.45, 2.75) is 38.9 Å². The summed E-state index contributed by atoms with van der Waals surface area (Å²) in [6.45, 7) is 6.61. The summed E-state index contributed by atoms with van der Waals surface area (Å²) >= 11 is 0. The SMILES string of the molecule is CC(C)(O)C#Cc1cccc2cccc(C#CC(C)(C)O)c12. The zero-order chi connectivity index (χ0) is 16.4. The highest BCUT2D eigenvalue weighted by atomic mass is 16.3.